The summed E-state index contributed by atoms with van der Waals surface area (Å²) in [6, 6.07) is 10.0. The first-order valence-electron chi connectivity index (χ1n) is 5.49. The van der Waals surface area contributed by atoms with Gasteiger partial charge in [0, 0.05) is 7.05 Å². The minimum Gasteiger partial charge on any atom is -0.358 e. The minimum atomic E-state index is -0.365. The second kappa shape index (κ2) is 4.96. The molecule has 0 saturated heterocycles. The van der Waals surface area contributed by atoms with Gasteiger partial charge >= 0.3 is 0 Å². The summed E-state index contributed by atoms with van der Waals surface area (Å²) >= 11 is 0. The van der Waals surface area contributed by atoms with E-state index in [0.29, 0.717) is 0 Å². The molecule has 0 unspecified atom stereocenters. The lowest BCUT2D eigenvalue weighted by Gasteiger charge is -2.30. The maximum atomic E-state index is 12.0. The van der Waals surface area contributed by atoms with E-state index in [9.17, 15) is 4.79 Å². The minimum absolute atomic E-state index is 0.110. The molecule has 0 aliphatic heterocycles. The van der Waals surface area contributed by atoms with Crippen molar-refractivity contribution in [2.45, 2.75) is 32.1 Å². The molecule has 15 heavy (non-hydrogen) atoms. The number of benzene rings is 1. The van der Waals surface area contributed by atoms with Gasteiger partial charge in [0.15, 0.2) is 0 Å². The van der Waals surface area contributed by atoms with Gasteiger partial charge in [-0.05, 0) is 18.4 Å². The maximum absolute atomic E-state index is 12.0. The molecule has 82 valence electrons. The van der Waals surface area contributed by atoms with Crippen LogP contribution in [-0.2, 0) is 10.2 Å². The Balaban J connectivity index is 3.17. The third-order valence-electron chi connectivity index (χ3n) is 3.20. The number of hydrogen-bond acceptors (Lipinski definition) is 1. The molecule has 0 aromatic heterocycles. The van der Waals surface area contributed by atoms with E-state index in [1.54, 1.807) is 7.05 Å². The van der Waals surface area contributed by atoms with Crippen LogP contribution in [0.5, 0.6) is 0 Å². The summed E-state index contributed by atoms with van der Waals surface area (Å²) in [5.74, 6) is 0.110. The molecule has 0 heterocycles. The Morgan fingerprint density at radius 2 is 1.73 bits per heavy atom. The number of carbonyl (C=O) groups excluding carboxylic acids is 1. The molecule has 0 fully saturated rings. The molecular weight excluding hydrogens is 186 g/mol. The lowest BCUT2D eigenvalue weighted by atomic mass is 9.75. The number of nitrogens with one attached hydrogen (secondary N) is 1. The van der Waals surface area contributed by atoms with Crippen molar-refractivity contribution in [3.8, 4) is 0 Å². The van der Waals surface area contributed by atoms with Crippen LogP contribution in [0.1, 0.15) is 32.3 Å². The van der Waals surface area contributed by atoms with Crippen molar-refractivity contribution in [2.75, 3.05) is 7.05 Å². The largest absolute Gasteiger partial charge is 0.358 e. The third kappa shape index (κ3) is 2.04. The van der Waals surface area contributed by atoms with Gasteiger partial charge in [-0.25, -0.2) is 0 Å². The Morgan fingerprint density at radius 3 is 2.13 bits per heavy atom. The van der Waals surface area contributed by atoms with E-state index >= 15 is 0 Å². The van der Waals surface area contributed by atoms with Crippen LogP contribution < -0.4 is 5.32 Å². The van der Waals surface area contributed by atoms with Gasteiger partial charge in [-0.1, -0.05) is 44.2 Å². The number of carbonyl (C=O) groups is 1. The van der Waals surface area contributed by atoms with Crippen molar-refractivity contribution in [2.24, 2.45) is 0 Å². The first kappa shape index (κ1) is 11.8. The molecule has 2 nitrogen and oxygen atoms in total. The average molecular weight is 205 g/mol. The summed E-state index contributed by atoms with van der Waals surface area (Å²) < 4.78 is 0. The molecule has 0 aliphatic rings. The fourth-order valence-electron chi connectivity index (χ4n) is 2.11. The number of hydrogen-bond donors (Lipinski definition) is 1. The highest BCUT2D eigenvalue weighted by Gasteiger charge is 2.35. The third-order valence-corrected chi connectivity index (χ3v) is 3.20. The van der Waals surface area contributed by atoms with Crippen molar-refractivity contribution in [3.63, 3.8) is 0 Å². The van der Waals surface area contributed by atoms with Gasteiger partial charge in [0.25, 0.3) is 0 Å². The van der Waals surface area contributed by atoms with Crippen LogP contribution in [0.25, 0.3) is 0 Å². The van der Waals surface area contributed by atoms with E-state index in [1.807, 2.05) is 30.3 Å². The first-order valence-corrected chi connectivity index (χ1v) is 5.49. The first-order chi connectivity index (χ1) is 7.21. The molecule has 1 amide bonds. The van der Waals surface area contributed by atoms with Crippen LogP contribution in [0.3, 0.4) is 0 Å². The molecule has 2 heteroatoms. The monoisotopic (exact) mass is 205 g/mol. The lowest BCUT2D eigenvalue weighted by molar-refractivity contribution is -0.126. The van der Waals surface area contributed by atoms with E-state index in [1.165, 1.54) is 0 Å². The molecule has 1 aromatic rings. The van der Waals surface area contributed by atoms with E-state index in [-0.39, 0.29) is 11.3 Å². The van der Waals surface area contributed by atoms with Gasteiger partial charge in [-0.3, -0.25) is 4.79 Å². The summed E-state index contributed by atoms with van der Waals surface area (Å²) in [6.45, 7) is 4.12. The van der Waals surface area contributed by atoms with E-state index in [4.69, 9.17) is 0 Å². The topological polar surface area (TPSA) is 29.1 Å². The molecule has 0 bridgehead atoms. The van der Waals surface area contributed by atoms with Crippen LogP contribution in [0.15, 0.2) is 30.3 Å². The van der Waals surface area contributed by atoms with Crippen LogP contribution in [-0.4, -0.2) is 13.0 Å². The second-order valence-corrected chi connectivity index (χ2v) is 3.73. The summed E-state index contributed by atoms with van der Waals surface area (Å²) in [6.07, 6.45) is 1.65. The summed E-state index contributed by atoms with van der Waals surface area (Å²) in [7, 11) is 1.70. The Labute approximate surface area is 91.7 Å². The van der Waals surface area contributed by atoms with E-state index in [2.05, 4.69) is 19.2 Å². The molecule has 0 aliphatic carbocycles. The Kier molecular flexibility index (Phi) is 3.89. The van der Waals surface area contributed by atoms with Gasteiger partial charge in [0.05, 0.1) is 5.41 Å². The molecular formula is C13H19NO. The summed E-state index contributed by atoms with van der Waals surface area (Å²) in [5, 5.41) is 2.77. The zero-order chi connectivity index (χ0) is 11.3. The van der Waals surface area contributed by atoms with Crippen LogP contribution in [0.2, 0.25) is 0 Å². The fraction of sp³-hybridized carbons (Fsp3) is 0.462. The quantitative estimate of drug-likeness (QED) is 0.804. The van der Waals surface area contributed by atoms with E-state index < -0.39 is 0 Å². The highest BCUT2D eigenvalue weighted by atomic mass is 16.2. The highest BCUT2D eigenvalue weighted by molar-refractivity contribution is 5.87. The summed E-state index contributed by atoms with van der Waals surface area (Å²) in [4.78, 5) is 12.0. The van der Waals surface area contributed by atoms with Crippen LogP contribution >= 0.6 is 0 Å². The molecule has 1 aromatic carbocycles. The van der Waals surface area contributed by atoms with E-state index in [0.717, 1.165) is 18.4 Å². The lowest BCUT2D eigenvalue weighted by Crippen LogP contribution is -2.42. The standard InChI is InChI=1S/C13H19NO/c1-4-13(5-2,12(15)14-3)11-9-7-6-8-10-11/h6-10H,4-5H2,1-3H3,(H,14,15). The van der Waals surface area contributed by atoms with Gasteiger partial charge in [-0.15, -0.1) is 0 Å². The van der Waals surface area contributed by atoms with Crippen molar-refractivity contribution in [1.29, 1.82) is 0 Å². The zero-order valence-electron chi connectivity index (χ0n) is 9.71. The fourth-order valence-corrected chi connectivity index (χ4v) is 2.11. The number of rotatable bonds is 4. The Bertz CT molecular complexity index is 315. The predicted molar refractivity (Wildman–Crippen MR) is 62.8 cm³/mol. The highest BCUT2D eigenvalue weighted by Crippen LogP contribution is 2.31. The smallest absolute Gasteiger partial charge is 0.230 e. The molecule has 1 rings (SSSR count). The molecule has 0 radical (unpaired) electrons. The number of likely N-dealkylation sites (N-methyl/N-ethyl adjacent to an activating group) is 1. The van der Waals surface area contributed by atoms with Crippen LogP contribution in [0, 0.1) is 0 Å². The average Bonchev–Trinajstić information content (AvgIpc) is 2.32. The Morgan fingerprint density at radius 1 is 1.20 bits per heavy atom. The second-order valence-electron chi connectivity index (χ2n) is 3.73. The van der Waals surface area contributed by atoms with Gasteiger partial charge in [-0.2, -0.15) is 0 Å². The van der Waals surface area contributed by atoms with Crippen LogP contribution in [0.4, 0.5) is 0 Å². The predicted octanol–water partition coefficient (Wildman–Crippen LogP) is 2.49. The maximum Gasteiger partial charge on any atom is 0.230 e. The van der Waals surface area contributed by atoms with Crippen molar-refractivity contribution < 1.29 is 4.79 Å². The SMILES string of the molecule is CCC(CC)(C(=O)NC)c1ccccc1. The number of amides is 1. The Hall–Kier alpha value is -1.31. The molecule has 0 saturated carbocycles. The summed E-state index contributed by atoms with van der Waals surface area (Å²) in [5.41, 5.74) is 0.741. The van der Waals surface area contributed by atoms with Gasteiger partial charge < -0.3 is 5.32 Å². The normalized spacial score (nSPS) is 11.1. The van der Waals surface area contributed by atoms with Crippen molar-refractivity contribution in [1.82, 2.24) is 5.32 Å². The van der Waals surface area contributed by atoms with Gasteiger partial charge in [0.2, 0.25) is 5.91 Å². The zero-order valence-corrected chi connectivity index (χ0v) is 9.71. The molecule has 1 N–H and O–H groups in total. The van der Waals surface area contributed by atoms with Gasteiger partial charge in [0.1, 0.15) is 0 Å². The van der Waals surface area contributed by atoms with Crippen molar-refractivity contribution in [3.05, 3.63) is 35.9 Å². The molecule has 0 spiro atoms. The van der Waals surface area contributed by atoms with Crippen molar-refractivity contribution >= 4 is 5.91 Å². The molecule has 0 atom stereocenters.